The maximum absolute atomic E-state index is 13.8. The lowest BCUT2D eigenvalue weighted by molar-refractivity contribution is -0.129. The van der Waals surface area contributed by atoms with Gasteiger partial charge in [-0.1, -0.05) is 35.3 Å². The van der Waals surface area contributed by atoms with Crippen LogP contribution in [-0.4, -0.2) is 35.7 Å². The van der Waals surface area contributed by atoms with Crippen molar-refractivity contribution in [1.82, 2.24) is 5.32 Å². The minimum atomic E-state index is -1.53. The summed E-state index contributed by atoms with van der Waals surface area (Å²) in [5.74, 6) is -1.25. The Balaban J connectivity index is 1.70. The molecule has 2 N–H and O–H groups in total. The van der Waals surface area contributed by atoms with Crippen molar-refractivity contribution in [3.05, 3.63) is 112 Å². The van der Waals surface area contributed by atoms with Crippen LogP contribution in [0.3, 0.4) is 0 Å². The molecular formula is C29H26Cl2F2N2O4. The van der Waals surface area contributed by atoms with Crippen molar-refractivity contribution < 1.29 is 28.2 Å². The molecule has 0 bridgehead atoms. The maximum atomic E-state index is 13.8. The third-order valence-electron chi connectivity index (χ3n) is 6.11. The van der Waals surface area contributed by atoms with Crippen LogP contribution in [0.25, 0.3) is 0 Å². The van der Waals surface area contributed by atoms with Crippen molar-refractivity contribution in [1.29, 1.82) is 0 Å². The summed E-state index contributed by atoms with van der Waals surface area (Å²) in [7, 11) is 0. The van der Waals surface area contributed by atoms with Crippen LogP contribution in [0.2, 0.25) is 10.0 Å². The summed E-state index contributed by atoms with van der Waals surface area (Å²) in [6.07, 6.45) is 1.17. The maximum Gasteiger partial charge on any atom is 0.252 e. The van der Waals surface area contributed by atoms with Crippen molar-refractivity contribution >= 4 is 35.0 Å². The molecule has 1 aliphatic rings. The van der Waals surface area contributed by atoms with Gasteiger partial charge >= 0.3 is 0 Å². The van der Waals surface area contributed by atoms with E-state index in [1.54, 1.807) is 48.5 Å². The smallest absolute Gasteiger partial charge is 0.252 e. The fourth-order valence-electron chi connectivity index (χ4n) is 4.27. The van der Waals surface area contributed by atoms with E-state index in [1.807, 2.05) is 0 Å². The third kappa shape index (κ3) is 6.58. The summed E-state index contributed by atoms with van der Waals surface area (Å²) in [6.45, 7) is 4.06. The Morgan fingerprint density at radius 1 is 1.13 bits per heavy atom. The number of carbonyl (C=O) groups is 1. The molecule has 6 nitrogen and oxygen atoms in total. The molecule has 3 aromatic carbocycles. The number of aliphatic hydroxyl groups is 1. The number of rotatable bonds is 11. The lowest BCUT2D eigenvalue weighted by Crippen LogP contribution is -2.47. The monoisotopic (exact) mass is 574 g/mol. The topological polar surface area (TPSA) is 80.2 Å². The van der Waals surface area contributed by atoms with E-state index >= 15 is 0 Å². The van der Waals surface area contributed by atoms with E-state index in [2.05, 4.69) is 11.9 Å². The van der Waals surface area contributed by atoms with Gasteiger partial charge < -0.3 is 19.9 Å². The number of aliphatic hydroxyl groups excluding tert-OH is 1. The predicted molar refractivity (Wildman–Crippen MR) is 146 cm³/mol. The Morgan fingerprint density at radius 2 is 1.85 bits per heavy atom. The van der Waals surface area contributed by atoms with E-state index in [4.69, 9.17) is 42.8 Å². The summed E-state index contributed by atoms with van der Waals surface area (Å²) in [5, 5.41) is 12.4. The Kier molecular flexibility index (Phi) is 9.22. The van der Waals surface area contributed by atoms with Crippen LogP contribution in [-0.2, 0) is 16.1 Å². The summed E-state index contributed by atoms with van der Waals surface area (Å²) in [4.78, 5) is 18.5. The minimum Gasteiger partial charge on any atom is -0.494 e. The number of aliphatic imine (C=N–C) groups is 1. The molecule has 0 fully saturated rings. The number of amides is 1. The Bertz CT molecular complexity index is 1360. The van der Waals surface area contributed by atoms with E-state index < -0.39 is 29.2 Å². The average Bonchev–Trinajstić information content (AvgIpc) is 3.28. The average molecular weight is 575 g/mol. The molecular weight excluding hydrogens is 549 g/mol. The van der Waals surface area contributed by atoms with Gasteiger partial charge in [-0.05, 0) is 54.1 Å². The van der Waals surface area contributed by atoms with Crippen LogP contribution >= 0.6 is 23.2 Å². The number of ether oxygens (including phenoxy) is 2. The van der Waals surface area contributed by atoms with Gasteiger partial charge in [0.2, 0.25) is 5.90 Å². The second kappa shape index (κ2) is 12.6. The van der Waals surface area contributed by atoms with E-state index in [0.29, 0.717) is 34.9 Å². The van der Waals surface area contributed by atoms with Crippen LogP contribution in [0.15, 0.2) is 78.3 Å². The summed E-state index contributed by atoms with van der Waals surface area (Å²) >= 11 is 12.6. The van der Waals surface area contributed by atoms with E-state index in [1.165, 1.54) is 0 Å². The summed E-state index contributed by atoms with van der Waals surface area (Å²) in [5.41, 5.74) is -0.213. The van der Waals surface area contributed by atoms with Crippen LogP contribution < -0.4 is 10.1 Å². The van der Waals surface area contributed by atoms with Gasteiger partial charge in [-0.15, -0.1) is 6.58 Å². The van der Waals surface area contributed by atoms with Gasteiger partial charge in [0.05, 0.1) is 6.61 Å². The van der Waals surface area contributed by atoms with Gasteiger partial charge in [0.15, 0.2) is 11.6 Å². The largest absolute Gasteiger partial charge is 0.494 e. The van der Waals surface area contributed by atoms with Gasteiger partial charge in [0, 0.05) is 53.2 Å². The van der Waals surface area contributed by atoms with Crippen LogP contribution in [0.1, 0.15) is 35.6 Å². The first-order valence-corrected chi connectivity index (χ1v) is 12.9. The van der Waals surface area contributed by atoms with Gasteiger partial charge in [-0.3, -0.25) is 4.79 Å². The SMILES string of the molecule is C=CC[C@@]1(C(=O)NCc2cc(F)cc(F)c2)N=C(c2ccc(OCCCO)cc2)O[C@@H]1c1ccc(Cl)cc1Cl. The molecule has 10 heteroatoms. The van der Waals surface area contributed by atoms with Crippen LogP contribution in [0.5, 0.6) is 5.75 Å². The summed E-state index contributed by atoms with van der Waals surface area (Å²) < 4.78 is 39.3. The zero-order chi connectivity index (χ0) is 28.0. The molecule has 204 valence electrons. The highest BCUT2D eigenvalue weighted by molar-refractivity contribution is 6.35. The zero-order valence-electron chi connectivity index (χ0n) is 20.8. The fraction of sp³-hybridized carbons (Fsp3) is 0.241. The Hall–Kier alpha value is -3.46. The number of carbonyl (C=O) groups excluding carboxylic acids is 1. The number of hydrogen-bond acceptors (Lipinski definition) is 5. The zero-order valence-corrected chi connectivity index (χ0v) is 22.3. The minimum absolute atomic E-state index is 0.0268. The first-order valence-electron chi connectivity index (χ1n) is 12.2. The lowest BCUT2D eigenvalue weighted by Gasteiger charge is -2.30. The van der Waals surface area contributed by atoms with Crippen molar-refractivity contribution in [2.24, 2.45) is 4.99 Å². The molecule has 39 heavy (non-hydrogen) atoms. The predicted octanol–water partition coefficient (Wildman–Crippen LogP) is 6.18. The van der Waals surface area contributed by atoms with Crippen molar-refractivity contribution in [3.63, 3.8) is 0 Å². The molecule has 3 aromatic rings. The molecule has 1 heterocycles. The van der Waals surface area contributed by atoms with Gasteiger partial charge in [-0.2, -0.15) is 0 Å². The Morgan fingerprint density at radius 3 is 2.49 bits per heavy atom. The van der Waals surface area contributed by atoms with Crippen molar-refractivity contribution in [2.75, 3.05) is 13.2 Å². The van der Waals surface area contributed by atoms with Gasteiger partial charge in [-0.25, -0.2) is 13.8 Å². The normalized spacial score (nSPS) is 18.3. The van der Waals surface area contributed by atoms with Crippen LogP contribution in [0.4, 0.5) is 8.78 Å². The number of benzene rings is 3. The standard InChI is InChI=1S/C29H26Cl2F2N2O4/c1-2-10-29(28(37)34-17-18-13-21(32)16-22(33)14-18)26(24-9-6-20(30)15-25(24)31)39-27(35-29)19-4-7-23(8-5-19)38-12-3-11-36/h2,4-9,13-16,26,36H,1,3,10-12,17H2,(H,34,37)/t26-,29-/m1/s1. The third-order valence-corrected chi connectivity index (χ3v) is 6.67. The molecule has 4 rings (SSSR count). The number of hydrogen-bond donors (Lipinski definition) is 2. The second-order valence-corrected chi connectivity index (χ2v) is 9.75. The molecule has 0 aliphatic carbocycles. The molecule has 0 saturated carbocycles. The van der Waals surface area contributed by atoms with E-state index in [9.17, 15) is 13.6 Å². The highest BCUT2D eigenvalue weighted by atomic mass is 35.5. The number of nitrogens with one attached hydrogen (secondary N) is 1. The quantitative estimate of drug-likeness (QED) is 0.211. The fourth-order valence-corrected chi connectivity index (χ4v) is 4.78. The van der Waals surface area contributed by atoms with Gasteiger partial charge in [0.25, 0.3) is 5.91 Å². The molecule has 1 amide bonds. The molecule has 0 spiro atoms. The second-order valence-electron chi connectivity index (χ2n) is 8.91. The lowest BCUT2D eigenvalue weighted by atomic mass is 9.84. The van der Waals surface area contributed by atoms with E-state index in [-0.39, 0.29) is 36.1 Å². The molecule has 0 unspecified atom stereocenters. The van der Waals surface area contributed by atoms with Gasteiger partial charge in [0.1, 0.15) is 17.4 Å². The number of halogens is 4. The highest BCUT2D eigenvalue weighted by Crippen LogP contribution is 2.45. The molecule has 0 radical (unpaired) electrons. The number of nitrogens with zero attached hydrogens (tertiary/aromatic N) is 1. The summed E-state index contributed by atoms with van der Waals surface area (Å²) in [6, 6.07) is 14.8. The van der Waals surface area contributed by atoms with Crippen molar-refractivity contribution in [2.45, 2.75) is 31.0 Å². The van der Waals surface area contributed by atoms with E-state index in [0.717, 1.165) is 18.2 Å². The van der Waals surface area contributed by atoms with Crippen molar-refractivity contribution in [3.8, 4) is 5.75 Å². The molecule has 0 aromatic heterocycles. The Labute approximate surface area is 234 Å². The highest BCUT2D eigenvalue weighted by Gasteiger charge is 2.53. The molecule has 2 atom stereocenters. The molecule has 0 saturated heterocycles. The molecule has 1 aliphatic heterocycles. The first kappa shape index (κ1) is 28.5. The first-order chi connectivity index (χ1) is 18.8. The van der Waals surface area contributed by atoms with Crippen LogP contribution in [0, 0.1) is 11.6 Å².